The van der Waals surface area contributed by atoms with Gasteiger partial charge in [-0.1, -0.05) is 22.4 Å². The molecule has 6 heteroatoms. The molecule has 1 aromatic heterocycles. The topological polar surface area (TPSA) is 87.7 Å². The summed E-state index contributed by atoms with van der Waals surface area (Å²) in [7, 11) is 0. The number of aromatic nitrogens is 2. The van der Waals surface area contributed by atoms with Crippen molar-refractivity contribution in [2.45, 2.75) is 6.92 Å². The van der Waals surface area contributed by atoms with Crippen LogP contribution in [0.4, 0.5) is 5.69 Å². The smallest absolute Gasteiger partial charge is 0.257 e. The van der Waals surface area contributed by atoms with Gasteiger partial charge in [-0.05, 0) is 24.6 Å². The van der Waals surface area contributed by atoms with Crippen LogP contribution in [0.3, 0.4) is 0 Å². The highest BCUT2D eigenvalue weighted by Crippen LogP contribution is 2.22. The molecule has 2 aromatic rings. The van der Waals surface area contributed by atoms with Crippen LogP contribution in [0.15, 0.2) is 33.9 Å². The van der Waals surface area contributed by atoms with E-state index in [1.54, 1.807) is 25.1 Å². The van der Waals surface area contributed by atoms with E-state index in [1.165, 1.54) is 0 Å². The lowest BCUT2D eigenvalue weighted by molar-refractivity contribution is 0.425. The molecule has 0 saturated carbocycles. The highest BCUT2D eigenvalue weighted by atomic mass is 16.5. The summed E-state index contributed by atoms with van der Waals surface area (Å²) >= 11 is 0. The van der Waals surface area contributed by atoms with E-state index in [9.17, 15) is 0 Å². The van der Waals surface area contributed by atoms with Crippen molar-refractivity contribution in [1.82, 2.24) is 10.1 Å². The van der Waals surface area contributed by atoms with Crippen molar-refractivity contribution >= 4 is 5.69 Å². The molecule has 0 radical (unpaired) electrons. The minimum atomic E-state index is 0.419. The SMILES string of the molecule is Cc1noc(-c2cccc(N=[N+]=[N-])c2)n1. The van der Waals surface area contributed by atoms with Gasteiger partial charge in [-0.2, -0.15) is 4.98 Å². The Labute approximate surface area is 85.2 Å². The van der Waals surface area contributed by atoms with Crippen LogP contribution in [0.2, 0.25) is 0 Å². The number of azide groups is 1. The molecule has 6 nitrogen and oxygen atoms in total. The Morgan fingerprint density at radius 2 is 2.33 bits per heavy atom. The van der Waals surface area contributed by atoms with Crippen LogP contribution in [0, 0.1) is 6.92 Å². The third-order valence-corrected chi connectivity index (χ3v) is 1.78. The van der Waals surface area contributed by atoms with Crippen molar-refractivity contribution in [3.63, 3.8) is 0 Å². The maximum atomic E-state index is 8.29. The van der Waals surface area contributed by atoms with Crippen LogP contribution in [-0.4, -0.2) is 10.1 Å². The second kappa shape index (κ2) is 3.81. The van der Waals surface area contributed by atoms with Gasteiger partial charge in [-0.3, -0.25) is 0 Å². The lowest BCUT2D eigenvalue weighted by Crippen LogP contribution is -1.77. The van der Waals surface area contributed by atoms with E-state index >= 15 is 0 Å². The first kappa shape index (κ1) is 9.23. The third kappa shape index (κ3) is 1.95. The minimum absolute atomic E-state index is 0.419. The van der Waals surface area contributed by atoms with Crippen molar-refractivity contribution in [2.75, 3.05) is 0 Å². The molecule has 74 valence electrons. The number of aryl methyl sites for hydroxylation is 1. The molecule has 0 aliphatic heterocycles. The molecule has 0 saturated heterocycles. The molecule has 0 spiro atoms. The van der Waals surface area contributed by atoms with E-state index in [-0.39, 0.29) is 0 Å². The molecule has 0 amide bonds. The van der Waals surface area contributed by atoms with Gasteiger partial charge in [0, 0.05) is 16.2 Å². The number of benzene rings is 1. The Morgan fingerprint density at radius 1 is 1.47 bits per heavy atom. The lowest BCUT2D eigenvalue weighted by Gasteiger charge is -1.94. The summed E-state index contributed by atoms with van der Waals surface area (Å²) in [6.45, 7) is 1.74. The Kier molecular flexibility index (Phi) is 2.35. The van der Waals surface area contributed by atoms with E-state index in [1.807, 2.05) is 6.07 Å². The maximum absolute atomic E-state index is 8.29. The Hall–Kier alpha value is -2.33. The van der Waals surface area contributed by atoms with E-state index < -0.39 is 0 Å². The fourth-order valence-corrected chi connectivity index (χ4v) is 1.17. The molecule has 0 N–H and O–H groups in total. The van der Waals surface area contributed by atoms with Crippen LogP contribution in [0.1, 0.15) is 5.82 Å². The average Bonchev–Trinajstić information content (AvgIpc) is 2.66. The zero-order valence-electron chi connectivity index (χ0n) is 7.95. The first-order valence-corrected chi connectivity index (χ1v) is 4.25. The van der Waals surface area contributed by atoms with E-state index in [0.717, 1.165) is 5.56 Å². The summed E-state index contributed by atoms with van der Waals surface area (Å²) in [5.74, 6) is 0.988. The molecule has 0 fully saturated rings. The fraction of sp³-hybridized carbons (Fsp3) is 0.111. The zero-order valence-corrected chi connectivity index (χ0v) is 7.95. The highest BCUT2D eigenvalue weighted by Gasteiger charge is 2.05. The first-order valence-electron chi connectivity index (χ1n) is 4.25. The molecule has 0 unspecified atom stereocenters. The van der Waals surface area contributed by atoms with Crippen molar-refractivity contribution in [2.24, 2.45) is 5.11 Å². The summed E-state index contributed by atoms with van der Waals surface area (Å²) in [5.41, 5.74) is 9.55. The molecular weight excluding hydrogens is 194 g/mol. The third-order valence-electron chi connectivity index (χ3n) is 1.78. The van der Waals surface area contributed by atoms with Gasteiger partial charge in [0.1, 0.15) is 0 Å². The zero-order chi connectivity index (χ0) is 10.7. The molecule has 1 heterocycles. The predicted octanol–water partition coefficient (Wildman–Crippen LogP) is 2.99. The summed E-state index contributed by atoms with van der Waals surface area (Å²) in [4.78, 5) is 6.77. The largest absolute Gasteiger partial charge is 0.334 e. The van der Waals surface area contributed by atoms with Crippen molar-refractivity contribution in [3.8, 4) is 11.5 Å². The van der Waals surface area contributed by atoms with Gasteiger partial charge in [-0.25, -0.2) is 0 Å². The summed E-state index contributed by atoms with van der Waals surface area (Å²) < 4.78 is 4.99. The molecule has 0 bridgehead atoms. The molecule has 0 aliphatic rings. The Balaban J connectivity index is 2.44. The molecule has 0 aliphatic carbocycles. The van der Waals surface area contributed by atoms with Crippen LogP contribution >= 0.6 is 0 Å². The van der Waals surface area contributed by atoms with Gasteiger partial charge in [0.25, 0.3) is 5.89 Å². The normalized spacial score (nSPS) is 9.67. The van der Waals surface area contributed by atoms with Gasteiger partial charge in [0.05, 0.1) is 0 Å². The van der Waals surface area contributed by atoms with Crippen molar-refractivity contribution < 1.29 is 4.52 Å². The molecular formula is C9H7N5O. The predicted molar refractivity (Wildman–Crippen MR) is 53.3 cm³/mol. The second-order valence-electron chi connectivity index (χ2n) is 2.89. The summed E-state index contributed by atoms with van der Waals surface area (Å²) in [6.07, 6.45) is 0. The quantitative estimate of drug-likeness (QED) is 0.425. The van der Waals surface area contributed by atoms with Gasteiger partial charge in [0.15, 0.2) is 5.82 Å². The van der Waals surface area contributed by atoms with Crippen LogP contribution in [0.5, 0.6) is 0 Å². The summed E-state index contributed by atoms with van der Waals surface area (Å²) in [6, 6.07) is 6.96. The number of rotatable bonds is 2. The second-order valence-corrected chi connectivity index (χ2v) is 2.89. The van der Waals surface area contributed by atoms with Gasteiger partial charge < -0.3 is 4.52 Å². The van der Waals surface area contributed by atoms with E-state index in [0.29, 0.717) is 17.4 Å². The monoisotopic (exact) mass is 201 g/mol. The van der Waals surface area contributed by atoms with E-state index in [4.69, 9.17) is 10.1 Å². The Morgan fingerprint density at radius 3 is 3.00 bits per heavy atom. The van der Waals surface area contributed by atoms with Gasteiger partial charge in [0.2, 0.25) is 0 Å². The first-order chi connectivity index (χ1) is 7.29. The van der Waals surface area contributed by atoms with Crippen LogP contribution in [0.25, 0.3) is 21.9 Å². The molecule has 15 heavy (non-hydrogen) atoms. The fourth-order valence-electron chi connectivity index (χ4n) is 1.17. The van der Waals surface area contributed by atoms with Crippen LogP contribution < -0.4 is 0 Å². The van der Waals surface area contributed by atoms with Crippen LogP contribution in [-0.2, 0) is 0 Å². The molecule has 1 aromatic carbocycles. The van der Waals surface area contributed by atoms with Gasteiger partial charge in [-0.15, -0.1) is 0 Å². The minimum Gasteiger partial charge on any atom is -0.334 e. The van der Waals surface area contributed by atoms with E-state index in [2.05, 4.69) is 20.2 Å². The lowest BCUT2D eigenvalue weighted by atomic mass is 10.2. The van der Waals surface area contributed by atoms with Crippen molar-refractivity contribution in [3.05, 3.63) is 40.5 Å². The summed E-state index contributed by atoms with van der Waals surface area (Å²) in [5, 5.41) is 7.17. The Bertz CT molecular complexity index is 527. The van der Waals surface area contributed by atoms with Gasteiger partial charge >= 0.3 is 0 Å². The highest BCUT2D eigenvalue weighted by molar-refractivity contribution is 5.59. The molecule has 0 atom stereocenters. The standard InChI is InChI=1S/C9H7N5O/c1-6-11-9(15-13-6)7-3-2-4-8(5-7)12-14-10/h2-5H,1H3. The number of nitrogens with zero attached hydrogens (tertiary/aromatic N) is 5. The van der Waals surface area contributed by atoms with Crippen molar-refractivity contribution in [1.29, 1.82) is 0 Å². The average molecular weight is 201 g/mol. The maximum Gasteiger partial charge on any atom is 0.257 e. The number of hydrogen-bond donors (Lipinski definition) is 0. The molecule has 2 rings (SSSR count). The number of hydrogen-bond acceptors (Lipinski definition) is 4.